The lowest BCUT2D eigenvalue weighted by atomic mass is 10.0. The first kappa shape index (κ1) is 28.5. The highest BCUT2D eigenvalue weighted by Gasteiger charge is 2.26. The van der Waals surface area contributed by atoms with Crippen molar-refractivity contribution < 1.29 is 18.7 Å². The van der Waals surface area contributed by atoms with Crippen LogP contribution in [0.2, 0.25) is 0 Å². The summed E-state index contributed by atoms with van der Waals surface area (Å²) in [6, 6.07) is 4.34. The number of aryl methyl sites for hydroxylation is 1. The van der Waals surface area contributed by atoms with Crippen LogP contribution in [0.25, 0.3) is 11.0 Å². The van der Waals surface area contributed by atoms with Crippen molar-refractivity contribution in [1.29, 1.82) is 0 Å². The van der Waals surface area contributed by atoms with Crippen molar-refractivity contribution in [3.63, 3.8) is 0 Å². The molecule has 0 bridgehead atoms. The van der Waals surface area contributed by atoms with Crippen LogP contribution < -0.4 is 4.90 Å². The van der Waals surface area contributed by atoms with E-state index in [1.165, 1.54) is 29.6 Å². The number of piperidine rings is 1. The van der Waals surface area contributed by atoms with Crippen molar-refractivity contribution in [3.8, 4) is 0 Å². The highest BCUT2D eigenvalue weighted by atomic mass is 19.1. The van der Waals surface area contributed by atoms with Crippen molar-refractivity contribution >= 4 is 22.9 Å². The monoisotopic (exact) mass is 563 g/mol. The second-order valence-electron chi connectivity index (χ2n) is 10.5. The molecular formula is C30H35F2N7O2. The SMILES string of the molecule is CCCc1cnc(N2CCC(n3cc(F)c4c(Cc5ccc(C(=O)N(C)CCCO)cc5F)ncnc43)CC2)nc1. The summed E-state index contributed by atoms with van der Waals surface area (Å²) in [6.45, 7) is 3.94. The minimum absolute atomic E-state index is 0.0294. The van der Waals surface area contributed by atoms with Crippen LogP contribution in [0.15, 0.2) is 43.1 Å². The molecule has 41 heavy (non-hydrogen) atoms. The molecule has 0 unspecified atom stereocenters. The van der Waals surface area contributed by atoms with E-state index in [0.29, 0.717) is 35.8 Å². The van der Waals surface area contributed by atoms with Gasteiger partial charge in [0.2, 0.25) is 5.95 Å². The molecule has 9 nitrogen and oxygen atoms in total. The fourth-order valence-corrected chi connectivity index (χ4v) is 5.42. The summed E-state index contributed by atoms with van der Waals surface area (Å²) in [6.07, 6.45) is 10.7. The van der Waals surface area contributed by atoms with E-state index < -0.39 is 11.6 Å². The van der Waals surface area contributed by atoms with Crippen LogP contribution in [0, 0.1) is 11.6 Å². The molecule has 0 saturated carbocycles. The van der Waals surface area contributed by atoms with E-state index >= 15 is 8.78 Å². The quantitative estimate of drug-likeness (QED) is 0.306. The van der Waals surface area contributed by atoms with Crippen LogP contribution in [-0.4, -0.2) is 73.7 Å². The fourth-order valence-electron chi connectivity index (χ4n) is 5.42. The average Bonchev–Trinajstić information content (AvgIpc) is 3.34. The molecule has 216 valence electrons. The Balaban J connectivity index is 1.31. The van der Waals surface area contributed by atoms with Gasteiger partial charge in [-0.3, -0.25) is 4.79 Å². The second-order valence-corrected chi connectivity index (χ2v) is 10.5. The molecule has 1 aromatic carbocycles. The van der Waals surface area contributed by atoms with E-state index in [0.717, 1.165) is 44.3 Å². The number of halogens is 2. The number of hydrogen-bond acceptors (Lipinski definition) is 7. The summed E-state index contributed by atoms with van der Waals surface area (Å²) < 4.78 is 32.3. The Morgan fingerprint density at radius 2 is 1.85 bits per heavy atom. The van der Waals surface area contributed by atoms with Gasteiger partial charge in [0.05, 0.1) is 11.1 Å². The summed E-state index contributed by atoms with van der Waals surface area (Å²) in [7, 11) is 1.61. The first-order chi connectivity index (χ1) is 19.9. The number of rotatable bonds is 10. The number of anilines is 1. The zero-order valence-electron chi connectivity index (χ0n) is 23.4. The molecule has 0 radical (unpaired) electrons. The van der Waals surface area contributed by atoms with Gasteiger partial charge in [-0.25, -0.2) is 28.7 Å². The summed E-state index contributed by atoms with van der Waals surface area (Å²) >= 11 is 0. The molecule has 1 saturated heterocycles. The van der Waals surface area contributed by atoms with E-state index in [4.69, 9.17) is 5.11 Å². The molecule has 0 atom stereocenters. The van der Waals surface area contributed by atoms with Crippen molar-refractivity contribution in [2.45, 2.75) is 51.5 Å². The molecule has 1 aliphatic rings. The number of aliphatic hydroxyl groups is 1. The van der Waals surface area contributed by atoms with Crippen LogP contribution in [0.3, 0.4) is 0 Å². The number of amides is 1. The molecule has 11 heteroatoms. The van der Waals surface area contributed by atoms with E-state index in [1.54, 1.807) is 13.1 Å². The number of carbonyl (C=O) groups excluding carboxylic acids is 1. The molecular weight excluding hydrogens is 528 g/mol. The maximum atomic E-state index is 15.3. The average molecular weight is 564 g/mol. The van der Waals surface area contributed by atoms with Crippen molar-refractivity contribution in [2.75, 3.05) is 38.2 Å². The Morgan fingerprint density at radius 3 is 2.54 bits per heavy atom. The molecule has 0 aliphatic carbocycles. The Kier molecular flexibility index (Phi) is 8.82. The number of benzene rings is 1. The maximum Gasteiger partial charge on any atom is 0.253 e. The van der Waals surface area contributed by atoms with Gasteiger partial charge in [-0.2, -0.15) is 0 Å². The largest absolute Gasteiger partial charge is 0.396 e. The number of aromatic nitrogens is 5. The predicted octanol–water partition coefficient (Wildman–Crippen LogP) is 4.34. The van der Waals surface area contributed by atoms with Crippen molar-refractivity contribution in [3.05, 3.63) is 77.1 Å². The molecule has 3 aromatic heterocycles. The van der Waals surface area contributed by atoms with E-state index in [1.807, 2.05) is 17.0 Å². The van der Waals surface area contributed by atoms with Crippen LogP contribution in [0.1, 0.15) is 65.8 Å². The fraction of sp³-hybridized carbons (Fsp3) is 0.433. The lowest BCUT2D eigenvalue weighted by Gasteiger charge is -2.32. The van der Waals surface area contributed by atoms with Gasteiger partial charge < -0.3 is 19.5 Å². The zero-order valence-corrected chi connectivity index (χ0v) is 23.4. The molecule has 1 N–H and O–H groups in total. The second kappa shape index (κ2) is 12.7. The summed E-state index contributed by atoms with van der Waals surface area (Å²) in [5.41, 5.74) is 2.53. The topological polar surface area (TPSA) is 100 Å². The smallest absolute Gasteiger partial charge is 0.253 e. The van der Waals surface area contributed by atoms with Gasteiger partial charge in [-0.15, -0.1) is 0 Å². The lowest BCUT2D eigenvalue weighted by molar-refractivity contribution is 0.0786. The van der Waals surface area contributed by atoms with E-state index in [2.05, 4.69) is 31.8 Å². The third-order valence-electron chi connectivity index (χ3n) is 7.67. The highest BCUT2D eigenvalue weighted by Crippen LogP contribution is 2.31. The lowest BCUT2D eigenvalue weighted by Crippen LogP contribution is -2.35. The number of aliphatic hydroxyl groups excluding tert-OH is 1. The van der Waals surface area contributed by atoms with Gasteiger partial charge in [-0.1, -0.05) is 19.4 Å². The zero-order chi connectivity index (χ0) is 28.9. The van der Waals surface area contributed by atoms with Gasteiger partial charge in [0.1, 0.15) is 17.8 Å². The van der Waals surface area contributed by atoms with Crippen molar-refractivity contribution in [2.24, 2.45) is 0 Å². The number of nitrogens with zero attached hydrogens (tertiary/aromatic N) is 7. The molecule has 4 aromatic rings. The summed E-state index contributed by atoms with van der Waals surface area (Å²) in [4.78, 5) is 33.9. The Bertz CT molecular complexity index is 1500. The van der Waals surface area contributed by atoms with Gasteiger partial charge in [0.15, 0.2) is 5.82 Å². The molecule has 0 spiro atoms. The molecule has 1 fully saturated rings. The summed E-state index contributed by atoms with van der Waals surface area (Å²) in [5, 5.41) is 9.28. The normalized spacial score (nSPS) is 14.1. The van der Waals surface area contributed by atoms with Gasteiger partial charge in [0.25, 0.3) is 5.91 Å². The van der Waals surface area contributed by atoms with Gasteiger partial charge >= 0.3 is 0 Å². The predicted molar refractivity (Wildman–Crippen MR) is 152 cm³/mol. The molecule has 1 aliphatic heterocycles. The van der Waals surface area contributed by atoms with Gasteiger partial charge in [0, 0.05) is 69.9 Å². The third-order valence-corrected chi connectivity index (χ3v) is 7.67. The first-order valence-corrected chi connectivity index (χ1v) is 14.1. The molecule has 1 amide bonds. The number of hydrogen-bond donors (Lipinski definition) is 1. The number of carbonyl (C=O) groups is 1. The van der Waals surface area contributed by atoms with Crippen LogP contribution in [0.4, 0.5) is 14.7 Å². The molecule has 4 heterocycles. The van der Waals surface area contributed by atoms with Gasteiger partial charge in [-0.05, 0) is 48.9 Å². The number of fused-ring (bicyclic) bond motifs is 1. The minimum atomic E-state index is -0.560. The molecule has 5 rings (SSSR count). The summed E-state index contributed by atoms with van der Waals surface area (Å²) in [5.74, 6) is -0.619. The maximum absolute atomic E-state index is 15.3. The van der Waals surface area contributed by atoms with Crippen LogP contribution in [-0.2, 0) is 12.8 Å². The third kappa shape index (κ3) is 6.19. The van der Waals surface area contributed by atoms with E-state index in [9.17, 15) is 4.79 Å². The standard InChI is InChI=1S/C30H35F2N7O2/c1-3-5-20-16-33-30(34-17-20)38-11-8-23(9-12-38)39-18-25(32)27-26(35-19-36-28(27)39)15-21-6-7-22(14-24(21)31)29(41)37(2)10-4-13-40/h6-7,14,16-19,23,40H,3-5,8-13,15H2,1-2H3. The minimum Gasteiger partial charge on any atom is -0.396 e. The highest BCUT2D eigenvalue weighted by molar-refractivity contribution is 5.94. The van der Waals surface area contributed by atoms with Crippen molar-refractivity contribution in [1.82, 2.24) is 29.4 Å². The van der Waals surface area contributed by atoms with Crippen LogP contribution in [0.5, 0.6) is 0 Å². The van der Waals surface area contributed by atoms with E-state index in [-0.39, 0.29) is 35.9 Å². The Hall–Kier alpha value is -3.99. The first-order valence-electron chi connectivity index (χ1n) is 14.1. The van der Waals surface area contributed by atoms with Crippen LogP contribution >= 0.6 is 0 Å². The Labute approximate surface area is 237 Å². The Morgan fingerprint density at radius 1 is 1.10 bits per heavy atom.